The maximum Gasteiger partial charge on any atom is 0.263 e. The molecule has 1 fully saturated rings. The van der Waals surface area contributed by atoms with Gasteiger partial charge in [0.1, 0.15) is 4.83 Å². The maximum absolute atomic E-state index is 12.9. The van der Waals surface area contributed by atoms with Crippen molar-refractivity contribution < 1.29 is 0 Å². The van der Waals surface area contributed by atoms with E-state index in [2.05, 4.69) is 11.9 Å². The molecule has 106 valence electrons. The van der Waals surface area contributed by atoms with Gasteiger partial charge < -0.3 is 4.98 Å². The van der Waals surface area contributed by atoms with Crippen molar-refractivity contribution in [1.82, 2.24) is 9.55 Å². The zero-order valence-electron chi connectivity index (χ0n) is 11.6. The molecule has 2 aromatic rings. The van der Waals surface area contributed by atoms with Crippen LogP contribution in [0.2, 0.25) is 0 Å². The van der Waals surface area contributed by atoms with Gasteiger partial charge in [-0.3, -0.25) is 9.36 Å². The second-order valence-electron chi connectivity index (χ2n) is 5.99. The highest BCUT2D eigenvalue weighted by atomic mass is 32.1. The smallest absolute Gasteiger partial charge is 0.263 e. The fourth-order valence-electron chi connectivity index (χ4n) is 3.54. The molecule has 0 spiro atoms. The van der Waals surface area contributed by atoms with Gasteiger partial charge in [0.25, 0.3) is 5.56 Å². The zero-order chi connectivity index (χ0) is 13.9. The number of nitrogens with one attached hydrogen (secondary N) is 1. The highest BCUT2D eigenvalue weighted by Crippen LogP contribution is 2.45. The molecule has 2 aromatic heterocycles. The van der Waals surface area contributed by atoms with Crippen LogP contribution in [0.1, 0.15) is 49.1 Å². The van der Waals surface area contributed by atoms with Crippen LogP contribution in [0.15, 0.2) is 4.79 Å². The van der Waals surface area contributed by atoms with Crippen LogP contribution in [-0.4, -0.2) is 9.55 Å². The predicted octanol–water partition coefficient (Wildman–Crippen LogP) is 3.97. The molecule has 2 aliphatic carbocycles. The molecular weight excluding hydrogens is 288 g/mol. The largest absolute Gasteiger partial charge is 0.323 e. The van der Waals surface area contributed by atoms with E-state index in [4.69, 9.17) is 12.2 Å². The first-order valence-corrected chi connectivity index (χ1v) is 8.72. The van der Waals surface area contributed by atoms with Gasteiger partial charge in [-0.05, 0) is 55.8 Å². The van der Waals surface area contributed by atoms with Gasteiger partial charge in [-0.25, -0.2) is 0 Å². The van der Waals surface area contributed by atoms with Crippen LogP contribution < -0.4 is 5.56 Å². The average molecular weight is 306 g/mol. The summed E-state index contributed by atoms with van der Waals surface area (Å²) in [5, 5.41) is 0.931. The first-order valence-electron chi connectivity index (χ1n) is 7.49. The Balaban J connectivity index is 1.98. The Hall–Kier alpha value is -0.940. The molecule has 5 heteroatoms. The van der Waals surface area contributed by atoms with Crippen LogP contribution in [0, 0.1) is 10.7 Å². The molecule has 0 aliphatic heterocycles. The average Bonchev–Trinajstić information content (AvgIpc) is 3.10. The third-order valence-corrected chi connectivity index (χ3v) is 6.29. The van der Waals surface area contributed by atoms with Crippen molar-refractivity contribution in [2.75, 3.05) is 0 Å². The number of aromatic nitrogens is 2. The lowest BCUT2D eigenvalue weighted by atomic mass is 9.97. The summed E-state index contributed by atoms with van der Waals surface area (Å²) in [4.78, 5) is 18.6. The van der Waals surface area contributed by atoms with Crippen molar-refractivity contribution in [3.8, 4) is 0 Å². The Labute approximate surface area is 126 Å². The van der Waals surface area contributed by atoms with Crippen LogP contribution >= 0.6 is 23.6 Å². The molecule has 1 saturated carbocycles. The molecule has 2 aliphatic rings. The Morgan fingerprint density at radius 2 is 2.20 bits per heavy atom. The minimum Gasteiger partial charge on any atom is -0.323 e. The number of fused-ring (bicyclic) bond motifs is 3. The Morgan fingerprint density at radius 3 is 2.95 bits per heavy atom. The first kappa shape index (κ1) is 12.8. The maximum atomic E-state index is 12.9. The van der Waals surface area contributed by atoms with E-state index in [1.807, 2.05) is 4.57 Å². The number of thiophene rings is 1. The second kappa shape index (κ2) is 4.53. The van der Waals surface area contributed by atoms with E-state index < -0.39 is 0 Å². The van der Waals surface area contributed by atoms with Crippen molar-refractivity contribution in [2.24, 2.45) is 5.92 Å². The lowest BCUT2D eigenvalue weighted by Gasteiger charge is -2.10. The van der Waals surface area contributed by atoms with E-state index in [1.165, 1.54) is 23.3 Å². The van der Waals surface area contributed by atoms with Crippen molar-refractivity contribution in [3.63, 3.8) is 0 Å². The first-order chi connectivity index (χ1) is 9.70. The lowest BCUT2D eigenvalue weighted by Crippen LogP contribution is -2.22. The molecule has 0 amide bonds. The molecule has 0 aromatic carbocycles. The van der Waals surface area contributed by atoms with E-state index in [0.29, 0.717) is 16.7 Å². The van der Waals surface area contributed by atoms with Crippen LogP contribution in [0.25, 0.3) is 10.2 Å². The second-order valence-corrected chi connectivity index (χ2v) is 7.48. The summed E-state index contributed by atoms with van der Waals surface area (Å²) < 4.78 is 2.47. The third kappa shape index (κ3) is 1.76. The lowest BCUT2D eigenvalue weighted by molar-refractivity contribution is 0.609. The molecular formula is C15H18N2OS2. The van der Waals surface area contributed by atoms with E-state index in [0.717, 1.165) is 35.9 Å². The molecule has 2 heterocycles. The molecule has 0 saturated heterocycles. The summed E-state index contributed by atoms with van der Waals surface area (Å²) in [6.07, 6.45) is 6.86. The number of aryl methyl sites for hydroxylation is 2. The van der Waals surface area contributed by atoms with Crippen molar-refractivity contribution in [2.45, 2.75) is 51.5 Å². The SMILES string of the molecule is CCC1CC1n1c(=S)[nH]c2sc3c(c2c1=O)CCCC3. The molecule has 1 N–H and O–H groups in total. The number of nitrogens with zero attached hydrogens (tertiary/aromatic N) is 1. The van der Waals surface area contributed by atoms with Crippen molar-refractivity contribution in [1.29, 1.82) is 0 Å². The number of H-pyrrole nitrogens is 1. The zero-order valence-corrected chi connectivity index (χ0v) is 13.2. The molecule has 0 bridgehead atoms. The highest BCUT2D eigenvalue weighted by Gasteiger charge is 2.39. The summed E-state index contributed by atoms with van der Waals surface area (Å²) in [7, 11) is 0. The van der Waals surface area contributed by atoms with Gasteiger partial charge >= 0.3 is 0 Å². The van der Waals surface area contributed by atoms with E-state index >= 15 is 0 Å². The number of rotatable bonds is 2. The summed E-state index contributed by atoms with van der Waals surface area (Å²) in [5.74, 6) is 0.634. The van der Waals surface area contributed by atoms with Gasteiger partial charge in [0.05, 0.1) is 5.39 Å². The van der Waals surface area contributed by atoms with Gasteiger partial charge in [0, 0.05) is 10.9 Å². The van der Waals surface area contributed by atoms with E-state index in [9.17, 15) is 4.79 Å². The number of hydrogen-bond donors (Lipinski definition) is 1. The Kier molecular flexibility index (Phi) is 2.89. The summed E-state index contributed by atoms with van der Waals surface area (Å²) in [5.41, 5.74) is 1.46. The number of aromatic amines is 1. The van der Waals surface area contributed by atoms with Gasteiger partial charge in [-0.15, -0.1) is 11.3 Å². The van der Waals surface area contributed by atoms with Crippen LogP contribution in [0.4, 0.5) is 0 Å². The molecule has 4 rings (SSSR count). The quantitative estimate of drug-likeness (QED) is 0.853. The normalized spacial score (nSPS) is 24.9. The predicted molar refractivity (Wildman–Crippen MR) is 85.3 cm³/mol. The van der Waals surface area contributed by atoms with Gasteiger partial charge in [-0.1, -0.05) is 13.3 Å². The topological polar surface area (TPSA) is 37.8 Å². The van der Waals surface area contributed by atoms with Gasteiger partial charge in [0.15, 0.2) is 4.77 Å². The highest BCUT2D eigenvalue weighted by molar-refractivity contribution is 7.71. The van der Waals surface area contributed by atoms with Crippen LogP contribution in [-0.2, 0) is 12.8 Å². The third-order valence-electron chi connectivity index (χ3n) is 4.78. The Morgan fingerprint density at radius 1 is 1.40 bits per heavy atom. The van der Waals surface area contributed by atoms with Crippen LogP contribution in [0.3, 0.4) is 0 Å². The van der Waals surface area contributed by atoms with Crippen molar-refractivity contribution in [3.05, 3.63) is 25.6 Å². The summed E-state index contributed by atoms with van der Waals surface area (Å²) >= 11 is 7.18. The fourth-order valence-corrected chi connectivity index (χ4v) is 5.20. The summed E-state index contributed by atoms with van der Waals surface area (Å²) in [6, 6.07) is 0.333. The molecule has 0 radical (unpaired) electrons. The molecule has 2 unspecified atom stereocenters. The minimum absolute atomic E-state index is 0.157. The molecule has 2 atom stereocenters. The van der Waals surface area contributed by atoms with Gasteiger partial charge in [0.2, 0.25) is 0 Å². The van der Waals surface area contributed by atoms with E-state index in [-0.39, 0.29) is 5.56 Å². The standard InChI is InChI=1S/C15H18N2OS2/c1-2-8-7-10(8)17-14(18)12-9-5-3-4-6-11(9)20-13(12)16-15(17)19/h8,10H,2-7H2,1H3,(H,16,19). The molecule has 20 heavy (non-hydrogen) atoms. The fraction of sp³-hybridized carbons (Fsp3) is 0.600. The van der Waals surface area contributed by atoms with Gasteiger partial charge in [-0.2, -0.15) is 0 Å². The number of hydrogen-bond acceptors (Lipinski definition) is 3. The van der Waals surface area contributed by atoms with Crippen LogP contribution in [0.5, 0.6) is 0 Å². The summed E-state index contributed by atoms with van der Waals surface area (Å²) in [6.45, 7) is 2.19. The van der Waals surface area contributed by atoms with E-state index in [1.54, 1.807) is 11.3 Å². The Bertz CT molecular complexity index is 799. The van der Waals surface area contributed by atoms with Crippen molar-refractivity contribution >= 4 is 33.8 Å². The monoisotopic (exact) mass is 306 g/mol. The molecule has 3 nitrogen and oxygen atoms in total. The minimum atomic E-state index is 0.157.